The first-order valence-corrected chi connectivity index (χ1v) is 7.27. The lowest BCUT2D eigenvalue weighted by molar-refractivity contribution is -0.112. The van der Waals surface area contributed by atoms with Crippen LogP contribution in [-0.4, -0.2) is 5.91 Å². The highest BCUT2D eigenvalue weighted by molar-refractivity contribution is 6.35. The number of amides is 1. The summed E-state index contributed by atoms with van der Waals surface area (Å²) in [6, 6.07) is 13.4. The zero-order valence-electron chi connectivity index (χ0n) is 11.1. The van der Waals surface area contributed by atoms with E-state index >= 15 is 0 Å². The fourth-order valence-electron chi connectivity index (χ4n) is 1.72. The highest BCUT2D eigenvalue weighted by Gasteiger charge is 2.11. The molecule has 0 unspecified atom stereocenters. The monoisotopic (exact) mass is 350 g/mol. The van der Waals surface area contributed by atoms with Crippen molar-refractivity contribution in [2.45, 2.75) is 0 Å². The molecule has 0 atom stereocenters. The Morgan fingerprint density at radius 3 is 2.32 bits per heavy atom. The van der Waals surface area contributed by atoms with Crippen LogP contribution >= 0.6 is 34.8 Å². The third-order valence-corrected chi connectivity index (χ3v) is 3.47. The molecule has 0 aliphatic rings. The highest BCUT2D eigenvalue weighted by atomic mass is 35.5. The van der Waals surface area contributed by atoms with Gasteiger partial charge in [0.25, 0.3) is 5.91 Å². The number of halogens is 3. The van der Waals surface area contributed by atoms with Gasteiger partial charge in [0.1, 0.15) is 11.6 Å². The fourth-order valence-corrected chi connectivity index (χ4v) is 2.44. The maximum atomic E-state index is 12.2. The van der Waals surface area contributed by atoms with Crippen molar-refractivity contribution in [3.05, 3.63) is 68.7 Å². The van der Waals surface area contributed by atoms with Crippen LogP contribution in [0.15, 0.2) is 48.0 Å². The Labute approximate surface area is 142 Å². The van der Waals surface area contributed by atoms with Crippen molar-refractivity contribution in [1.29, 1.82) is 5.26 Å². The number of benzene rings is 2. The largest absolute Gasteiger partial charge is 0.321 e. The van der Waals surface area contributed by atoms with Crippen LogP contribution < -0.4 is 5.32 Å². The molecule has 2 aromatic carbocycles. The highest BCUT2D eigenvalue weighted by Crippen LogP contribution is 2.23. The smallest absolute Gasteiger partial charge is 0.266 e. The minimum Gasteiger partial charge on any atom is -0.321 e. The van der Waals surface area contributed by atoms with Gasteiger partial charge < -0.3 is 5.32 Å². The van der Waals surface area contributed by atoms with Crippen molar-refractivity contribution in [1.82, 2.24) is 0 Å². The molecule has 1 amide bonds. The second-order valence-corrected chi connectivity index (χ2v) is 5.58. The second-order valence-electron chi connectivity index (χ2n) is 4.30. The summed E-state index contributed by atoms with van der Waals surface area (Å²) in [5, 5.41) is 13.0. The average molecular weight is 352 g/mol. The third kappa shape index (κ3) is 4.25. The summed E-state index contributed by atoms with van der Waals surface area (Å²) in [6.45, 7) is 0. The lowest BCUT2D eigenvalue weighted by atomic mass is 10.1. The van der Waals surface area contributed by atoms with Crippen molar-refractivity contribution >= 4 is 52.5 Å². The Hall–Kier alpha value is -1.99. The van der Waals surface area contributed by atoms with Gasteiger partial charge in [0, 0.05) is 20.8 Å². The molecular weight excluding hydrogens is 343 g/mol. The van der Waals surface area contributed by atoms with Crippen LogP contribution in [0.25, 0.3) is 6.08 Å². The molecule has 0 saturated heterocycles. The molecule has 0 bridgehead atoms. The van der Waals surface area contributed by atoms with Crippen LogP contribution in [0, 0.1) is 11.3 Å². The average Bonchev–Trinajstić information content (AvgIpc) is 2.45. The molecule has 6 heteroatoms. The molecular formula is C16H9Cl3N2O. The summed E-state index contributed by atoms with van der Waals surface area (Å²) >= 11 is 17.7. The number of rotatable bonds is 3. The van der Waals surface area contributed by atoms with Gasteiger partial charge in [-0.1, -0.05) is 53.0 Å². The molecule has 0 radical (unpaired) electrons. The fraction of sp³-hybridized carbons (Fsp3) is 0. The Morgan fingerprint density at radius 2 is 1.73 bits per heavy atom. The van der Waals surface area contributed by atoms with E-state index in [1.165, 1.54) is 18.2 Å². The molecule has 0 spiro atoms. The number of nitrogens with one attached hydrogen (secondary N) is 1. The van der Waals surface area contributed by atoms with Crippen molar-refractivity contribution in [2.24, 2.45) is 0 Å². The molecule has 2 aromatic rings. The van der Waals surface area contributed by atoms with Gasteiger partial charge in [0.2, 0.25) is 0 Å². The molecule has 0 saturated carbocycles. The van der Waals surface area contributed by atoms with E-state index in [1.807, 2.05) is 6.07 Å². The second kappa shape index (κ2) is 7.33. The maximum absolute atomic E-state index is 12.2. The first-order valence-electron chi connectivity index (χ1n) is 6.13. The number of hydrogen-bond donors (Lipinski definition) is 1. The summed E-state index contributed by atoms with van der Waals surface area (Å²) in [5.74, 6) is -0.569. The van der Waals surface area contributed by atoms with Gasteiger partial charge >= 0.3 is 0 Å². The van der Waals surface area contributed by atoms with Crippen LogP contribution in [0.5, 0.6) is 0 Å². The minimum absolute atomic E-state index is 0.0794. The molecule has 0 aliphatic carbocycles. The van der Waals surface area contributed by atoms with Gasteiger partial charge in [-0.15, -0.1) is 0 Å². The summed E-state index contributed by atoms with van der Waals surface area (Å²) in [7, 11) is 0. The van der Waals surface area contributed by atoms with Crippen LogP contribution in [0.2, 0.25) is 15.1 Å². The summed E-state index contributed by atoms with van der Waals surface area (Å²) < 4.78 is 0. The van der Waals surface area contributed by atoms with E-state index in [4.69, 9.17) is 40.1 Å². The Kier molecular flexibility index (Phi) is 5.46. The number of hydrogen-bond acceptors (Lipinski definition) is 2. The number of nitriles is 1. The van der Waals surface area contributed by atoms with E-state index in [0.29, 0.717) is 26.3 Å². The SMILES string of the molecule is N#CC(=Cc1ccccc1Cl)C(=O)Nc1cc(Cl)cc(Cl)c1. The van der Waals surface area contributed by atoms with Crippen LogP contribution in [0.4, 0.5) is 5.69 Å². The molecule has 0 aliphatic heterocycles. The van der Waals surface area contributed by atoms with Gasteiger partial charge in [-0.05, 0) is 35.9 Å². The maximum Gasteiger partial charge on any atom is 0.266 e. The first kappa shape index (κ1) is 16.4. The van der Waals surface area contributed by atoms with Gasteiger partial charge in [-0.2, -0.15) is 5.26 Å². The Morgan fingerprint density at radius 1 is 1.09 bits per heavy atom. The molecule has 110 valence electrons. The Bertz CT molecular complexity index is 774. The predicted molar refractivity (Wildman–Crippen MR) is 90.1 cm³/mol. The number of nitrogens with zero attached hydrogens (tertiary/aromatic N) is 1. The van der Waals surface area contributed by atoms with E-state index in [2.05, 4.69) is 5.32 Å². The summed E-state index contributed by atoms with van der Waals surface area (Å²) in [6.07, 6.45) is 1.42. The van der Waals surface area contributed by atoms with Gasteiger partial charge in [-0.3, -0.25) is 4.79 Å². The van der Waals surface area contributed by atoms with Crippen molar-refractivity contribution in [2.75, 3.05) is 5.32 Å². The first-order chi connectivity index (χ1) is 10.5. The van der Waals surface area contributed by atoms with Gasteiger partial charge in [0.05, 0.1) is 0 Å². The van der Waals surface area contributed by atoms with E-state index in [9.17, 15) is 4.79 Å². The molecule has 0 heterocycles. The number of carbonyl (C=O) groups is 1. The third-order valence-electron chi connectivity index (χ3n) is 2.69. The topological polar surface area (TPSA) is 52.9 Å². The molecule has 22 heavy (non-hydrogen) atoms. The van der Waals surface area contributed by atoms with E-state index < -0.39 is 5.91 Å². The number of carbonyl (C=O) groups excluding carboxylic acids is 1. The standard InChI is InChI=1S/C16H9Cl3N2O/c17-12-6-13(18)8-14(7-12)21-16(22)11(9-20)5-10-3-1-2-4-15(10)19/h1-8H,(H,21,22). The van der Waals surface area contributed by atoms with Crippen LogP contribution in [0.1, 0.15) is 5.56 Å². The normalized spacial score (nSPS) is 10.9. The van der Waals surface area contributed by atoms with Gasteiger partial charge in [0.15, 0.2) is 0 Å². The molecule has 2 rings (SSSR count). The lowest BCUT2D eigenvalue weighted by Gasteiger charge is -2.06. The van der Waals surface area contributed by atoms with E-state index in [0.717, 1.165) is 0 Å². The minimum atomic E-state index is -0.569. The lowest BCUT2D eigenvalue weighted by Crippen LogP contribution is -2.13. The predicted octanol–water partition coefficient (Wildman–Crippen LogP) is 5.19. The molecule has 1 N–H and O–H groups in total. The van der Waals surface area contributed by atoms with E-state index in [1.54, 1.807) is 30.3 Å². The van der Waals surface area contributed by atoms with Gasteiger partial charge in [-0.25, -0.2) is 0 Å². The van der Waals surface area contributed by atoms with Crippen molar-refractivity contribution in [3.63, 3.8) is 0 Å². The van der Waals surface area contributed by atoms with Crippen molar-refractivity contribution in [3.8, 4) is 6.07 Å². The summed E-state index contributed by atoms with van der Waals surface area (Å²) in [5.41, 5.74) is 0.909. The zero-order valence-corrected chi connectivity index (χ0v) is 13.4. The molecule has 0 fully saturated rings. The molecule has 3 nitrogen and oxygen atoms in total. The van der Waals surface area contributed by atoms with Crippen molar-refractivity contribution < 1.29 is 4.79 Å². The Balaban J connectivity index is 2.26. The zero-order chi connectivity index (χ0) is 16.1. The van der Waals surface area contributed by atoms with E-state index in [-0.39, 0.29) is 5.57 Å². The summed E-state index contributed by atoms with van der Waals surface area (Å²) in [4.78, 5) is 12.2. The quantitative estimate of drug-likeness (QED) is 0.611. The van der Waals surface area contributed by atoms with Crippen LogP contribution in [0.3, 0.4) is 0 Å². The number of anilines is 1. The molecule has 0 aromatic heterocycles. The van der Waals surface area contributed by atoms with Crippen LogP contribution in [-0.2, 0) is 4.79 Å².